The van der Waals surface area contributed by atoms with Gasteiger partial charge in [-0.15, -0.1) is 0 Å². The van der Waals surface area contributed by atoms with Crippen molar-refractivity contribution in [2.24, 2.45) is 0 Å². The highest BCUT2D eigenvalue weighted by Gasteiger charge is 2.11. The summed E-state index contributed by atoms with van der Waals surface area (Å²) in [5.74, 6) is 0.836. The van der Waals surface area contributed by atoms with Gasteiger partial charge in [0.25, 0.3) is 0 Å². The van der Waals surface area contributed by atoms with Crippen molar-refractivity contribution in [3.63, 3.8) is 0 Å². The van der Waals surface area contributed by atoms with E-state index in [1.807, 2.05) is 35.0 Å². The van der Waals surface area contributed by atoms with Crippen LogP contribution in [-0.2, 0) is 6.61 Å². The first kappa shape index (κ1) is 11.5. The van der Waals surface area contributed by atoms with Crippen LogP contribution in [0.5, 0.6) is 5.75 Å². The topological polar surface area (TPSA) is 53.1 Å². The molecule has 0 saturated heterocycles. The molecular formula is C13H17N3O. The number of para-hydroxylation sites is 1. The van der Waals surface area contributed by atoms with E-state index in [9.17, 15) is 0 Å². The Morgan fingerprint density at radius 2 is 2.00 bits per heavy atom. The molecule has 0 atom stereocenters. The number of aromatic nitrogens is 2. The highest BCUT2D eigenvalue weighted by atomic mass is 16.5. The lowest BCUT2D eigenvalue weighted by Gasteiger charge is -2.12. The molecule has 0 amide bonds. The highest BCUT2D eigenvalue weighted by molar-refractivity contribution is 5.41. The van der Waals surface area contributed by atoms with Crippen molar-refractivity contribution >= 4 is 5.69 Å². The Balaban J connectivity index is 2.11. The SMILES string of the molecule is CC(C)n1ncc(N)c1COc1ccccc1. The molecule has 90 valence electrons. The normalized spacial score (nSPS) is 10.8. The molecule has 4 nitrogen and oxygen atoms in total. The fourth-order valence-electron chi connectivity index (χ4n) is 1.66. The minimum absolute atomic E-state index is 0.279. The third-order valence-electron chi connectivity index (χ3n) is 2.54. The predicted octanol–water partition coefficient (Wildman–Crippen LogP) is 2.63. The summed E-state index contributed by atoms with van der Waals surface area (Å²) in [7, 11) is 0. The van der Waals surface area contributed by atoms with Gasteiger partial charge in [-0.1, -0.05) is 18.2 Å². The molecule has 0 aliphatic rings. The maximum atomic E-state index is 5.88. The van der Waals surface area contributed by atoms with Crippen molar-refractivity contribution in [1.29, 1.82) is 0 Å². The van der Waals surface area contributed by atoms with Crippen LogP contribution in [0.25, 0.3) is 0 Å². The minimum atomic E-state index is 0.279. The first-order valence-electron chi connectivity index (χ1n) is 5.68. The second kappa shape index (κ2) is 4.91. The first-order valence-corrected chi connectivity index (χ1v) is 5.68. The molecule has 0 fully saturated rings. The zero-order valence-corrected chi connectivity index (χ0v) is 10.1. The lowest BCUT2D eigenvalue weighted by molar-refractivity contribution is 0.288. The summed E-state index contributed by atoms with van der Waals surface area (Å²) in [6.45, 7) is 4.57. The lowest BCUT2D eigenvalue weighted by atomic mass is 10.3. The summed E-state index contributed by atoms with van der Waals surface area (Å²) in [6.07, 6.45) is 1.67. The zero-order chi connectivity index (χ0) is 12.3. The van der Waals surface area contributed by atoms with Gasteiger partial charge in [-0.3, -0.25) is 4.68 Å². The average molecular weight is 231 g/mol. The second-order valence-electron chi connectivity index (χ2n) is 4.19. The van der Waals surface area contributed by atoms with Gasteiger partial charge >= 0.3 is 0 Å². The monoisotopic (exact) mass is 231 g/mol. The van der Waals surface area contributed by atoms with Gasteiger partial charge in [0.2, 0.25) is 0 Å². The summed E-state index contributed by atoms with van der Waals surface area (Å²) in [6, 6.07) is 9.97. The number of nitrogen functional groups attached to an aromatic ring is 1. The molecule has 2 rings (SSSR count). The van der Waals surface area contributed by atoms with Gasteiger partial charge in [-0.2, -0.15) is 5.10 Å². The average Bonchev–Trinajstić information content (AvgIpc) is 2.69. The number of anilines is 1. The molecule has 1 aromatic heterocycles. The maximum absolute atomic E-state index is 5.88. The molecule has 0 bridgehead atoms. The van der Waals surface area contributed by atoms with Gasteiger partial charge in [0, 0.05) is 6.04 Å². The van der Waals surface area contributed by atoms with Crippen LogP contribution >= 0.6 is 0 Å². The molecule has 0 unspecified atom stereocenters. The van der Waals surface area contributed by atoms with Crippen LogP contribution in [0.3, 0.4) is 0 Å². The smallest absolute Gasteiger partial charge is 0.132 e. The number of benzene rings is 1. The summed E-state index contributed by atoms with van der Waals surface area (Å²) < 4.78 is 7.57. The van der Waals surface area contributed by atoms with Gasteiger partial charge in [-0.25, -0.2) is 0 Å². The van der Waals surface area contributed by atoms with Crippen molar-refractivity contribution in [3.05, 3.63) is 42.2 Å². The van der Waals surface area contributed by atoms with E-state index in [1.54, 1.807) is 6.20 Å². The van der Waals surface area contributed by atoms with Crippen molar-refractivity contribution in [3.8, 4) is 5.75 Å². The number of hydrogen-bond donors (Lipinski definition) is 1. The van der Waals surface area contributed by atoms with E-state index in [4.69, 9.17) is 10.5 Å². The third-order valence-corrected chi connectivity index (χ3v) is 2.54. The van der Waals surface area contributed by atoms with Gasteiger partial charge in [0.15, 0.2) is 0 Å². The quantitative estimate of drug-likeness (QED) is 0.880. The van der Waals surface area contributed by atoms with E-state index in [1.165, 1.54) is 0 Å². The largest absolute Gasteiger partial charge is 0.487 e. The Hall–Kier alpha value is -1.97. The molecule has 0 aliphatic carbocycles. The summed E-state index contributed by atoms with van der Waals surface area (Å²) in [5, 5.41) is 4.24. The van der Waals surface area contributed by atoms with E-state index in [-0.39, 0.29) is 6.04 Å². The molecule has 0 aliphatic heterocycles. The number of rotatable bonds is 4. The van der Waals surface area contributed by atoms with Crippen LogP contribution in [-0.4, -0.2) is 9.78 Å². The standard InChI is InChI=1S/C13H17N3O/c1-10(2)16-13(12(14)8-15-16)9-17-11-6-4-3-5-7-11/h3-8,10H,9,14H2,1-2H3. The van der Waals surface area contributed by atoms with Crippen LogP contribution in [0.15, 0.2) is 36.5 Å². The maximum Gasteiger partial charge on any atom is 0.132 e. The summed E-state index contributed by atoms with van der Waals surface area (Å²) >= 11 is 0. The van der Waals surface area contributed by atoms with Crippen LogP contribution in [0, 0.1) is 0 Å². The van der Waals surface area contributed by atoms with Crippen molar-refractivity contribution in [2.75, 3.05) is 5.73 Å². The first-order chi connectivity index (χ1) is 8.18. The molecule has 17 heavy (non-hydrogen) atoms. The third kappa shape index (κ3) is 2.58. The number of hydrogen-bond acceptors (Lipinski definition) is 3. The highest BCUT2D eigenvalue weighted by Crippen LogP contribution is 2.18. The molecular weight excluding hydrogens is 214 g/mol. The van der Waals surface area contributed by atoms with E-state index >= 15 is 0 Å². The Morgan fingerprint density at radius 3 is 2.65 bits per heavy atom. The molecule has 2 aromatic rings. The molecule has 1 aromatic carbocycles. The summed E-state index contributed by atoms with van der Waals surface area (Å²) in [5.41, 5.74) is 7.48. The van der Waals surface area contributed by atoms with Gasteiger partial charge in [-0.05, 0) is 26.0 Å². The molecule has 0 saturated carbocycles. The van der Waals surface area contributed by atoms with E-state index < -0.39 is 0 Å². The van der Waals surface area contributed by atoms with Crippen LogP contribution in [0.4, 0.5) is 5.69 Å². The van der Waals surface area contributed by atoms with Gasteiger partial charge in [0.1, 0.15) is 12.4 Å². The second-order valence-corrected chi connectivity index (χ2v) is 4.19. The Kier molecular flexibility index (Phi) is 3.32. The summed E-state index contributed by atoms with van der Waals surface area (Å²) in [4.78, 5) is 0. The number of nitrogens with zero attached hydrogens (tertiary/aromatic N) is 2. The lowest BCUT2D eigenvalue weighted by Crippen LogP contribution is -2.11. The molecule has 1 heterocycles. The van der Waals surface area contributed by atoms with Gasteiger partial charge < -0.3 is 10.5 Å². The zero-order valence-electron chi connectivity index (χ0n) is 10.1. The molecule has 0 spiro atoms. The van der Waals surface area contributed by atoms with Crippen molar-refractivity contribution < 1.29 is 4.74 Å². The van der Waals surface area contributed by atoms with Crippen LogP contribution in [0.1, 0.15) is 25.6 Å². The molecule has 2 N–H and O–H groups in total. The van der Waals surface area contributed by atoms with Crippen LogP contribution < -0.4 is 10.5 Å². The minimum Gasteiger partial charge on any atom is -0.487 e. The van der Waals surface area contributed by atoms with Crippen molar-refractivity contribution in [2.45, 2.75) is 26.5 Å². The Bertz CT molecular complexity index is 477. The molecule has 0 radical (unpaired) electrons. The number of nitrogens with two attached hydrogens (primary N) is 1. The van der Waals surface area contributed by atoms with Crippen LogP contribution in [0.2, 0.25) is 0 Å². The fraction of sp³-hybridized carbons (Fsp3) is 0.308. The van der Waals surface area contributed by atoms with E-state index in [0.29, 0.717) is 12.3 Å². The van der Waals surface area contributed by atoms with E-state index in [0.717, 1.165) is 11.4 Å². The van der Waals surface area contributed by atoms with Gasteiger partial charge in [0.05, 0.1) is 17.6 Å². The fourth-order valence-corrected chi connectivity index (χ4v) is 1.66. The predicted molar refractivity (Wildman–Crippen MR) is 67.8 cm³/mol. The van der Waals surface area contributed by atoms with E-state index in [2.05, 4.69) is 18.9 Å². The Morgan fingerprint density at radius 1 is 1.29 bits per heavy atom. The number of ether oxygens (including phenoxy) is 1. The van der Waals surface area contributed by atoms with Crippen molar-refractivity contribution in [1.82, 2.24) is 9.78 Å². The molecule has 4 heteroatoms. The Labute approximate surface area is 101 Å².